The number of methoxy groups -OCH3 is 1. The lowest BCUT2D eigenvalue weighted by molar-refractivity contribution is -0.150. The monoisotopic (exact) mass is 318 g/mol. The van der Waals surface area contributed by atoms with Crippen molar-refractivity contribution in [3.8, 4) is 0 Å². The molecule has 1 heterocycles. The van der Waals surface area contributed by atoms with Crippen LogP contribution in [-0.4, -0.2) is 59.3 Å². The Morgan fingerprint density at radius 1 is 1.33 bits per heavy atom. The highest BCUT2D eigenvalue weighted by molar-refractivity contribution is 8.00. The number of hydrogen-bond acceptors (Lipinski definition) is 6. The zero-order chi connectivity index (χ0) is 16.2. The van der Waals surface area contributed by atoms with Crippen LogP contribution < -0.4 is 5.32 Å². The number of hydrogen-bond donors (Lipinski definition) is 1. The molecule has 0 aromatic heterocycles. The zero-order valence-electron chi connectivity index (χ0n) is 13.0. The van der Waals surface area contributed by atoms with Gasteiger partial charge in [-0.2, -0.15) is 0 Å². The average molecular weight is 318 g/mol. The van der Waals surface area contributed by atoms with Crippen LogP contribution in [0.3, 0.4) is 0 Å². The molecule has 0 radical (unpaired) electrons. The largest absolute Gasteiger partial charge is 0.467 e. The Morgan fingerprint density at radius 2 is 1.95 bits per heavy atom. The number of ether oxygens (including phenoxy) is 2. The first kappa shape index (κ1) is 17.6. The van der Waals surface area contributed by atoms with E-state index < -0.39 is 23.7 Å². The minimum atomic E-state index is -0.608. The van der Waals surface area contributed by atoms with Crippen LogP contribution in [0.1, 0.15) is 27.7 Å². The van der Waals surface area contributed by atoms with Crippen molar-refractivity contribution in [2.24, 2.45) is 0 Å². The van der Waals surface area contributed by atoms with Gasteiger partial charge in [-0.25, -0.2) is 9.59 Å². The summed E-state index contributed by atoms with van der Waals surface area (Å²) in [7, 11) is 1.29. The molecule has 7 nitrogen and oxygen atoms in total. The van der Waals surface area contributed by atoms with Gasteiger partial charge < -0.3 is 19.7 Å². The highest BCUT2D eigenvalue weighted by Crippen LogP contribution is 2.29. The number of thioether (sulfide) groups is 1. The van der Waals surface area contributed by atoms with E-state index in [4.69, 9.17) is 9.47 Å². The first-order chi connectivity index (χ1) is 9.65. The zero-order valence-corrected chi connectivity index (χ0v) is 13.8. The van der Waals surface area contributed by atoms with Crippen molar-refractivity contribution in [3.05, 3.63) is 0 Å². The number of esters is 1. The summed E-state index contributed by atoms with van der Waals surface area (Å²) in [6.07, 6.45) is -0.548. The van der Waals surface area contributed by atoms with Crippen molar-refractivity contribution >= 4 is 29.7 Å². The smallest absolute Gasteiger partial charge is 0.407 e. The maximum Gasteiger partial charge on any atom is 0.407 e. The van der Waals surface area contributed by atoms with Crippen LogP contribution in [-0.2, 0) is 19.1 Å². The van der Waals surface area contributed by atoms with E-state index >= 15 is 0 Å². The normalized spacial score (nSPS) is 21.9. The van der Waals surface area contributed by atoms with Crippen LogP contribution in [0.15, 0.2) is 0 Å². The third-order valence-electron chi connectivity index (χ3n) is 2.75. The molecule has 0 saturated carbocycles. The van der Waals surface area contributed by atoms with E-state index in [2.05, 4.69) is 5.32 Å². The third-order valence-corrected chi connectivity index (χ3v) is 4.04. The van der Waals surface area contributed by atoms with E-state index in [-0.39, 0.29) is 17.8 Å². The molecule has 0 spiro atoms. The summed E-state index contributed by atoms with van der Waals surface area (Å²) in [6, 6.07) is -0.608. The van der Waals surface area contributed by atoms with Crippen LogP contribution in [0.25, 0.3) is 0 Å². The molecule has 2 atom stereocenters. The quantitative estimate of drug-likeness (QED) is 0.781. The number of rotatable bonds is 3. The second-order valence-electron chi connectivity index (χ2n) is 5.64. The van der Waals surface area contributed by atoms with Gasteiger partial charge in [0.2, 0.25) is 5.91 Å². The van der Waals surface area contributed by atoms with Crippen molar-refractivity contribution in [2.75, 3.05) is 19.4 Å². The van der Waals surface area contributed by atoms with Crippen molar-refractivity contribution in [2.45, 2.75) is 44.7 Å². The maximum atomic E-state index is 11.7. The number of nitrogens with zero attached hydrogens (tertiary/aromatic N) is 1. The van der Waals surface area contributed by atoms with Crippen LogP contribution in [0.4, 0.5) is 4.79 Å². The molecule has 1 saturated heterocycles. The lowest BCUT2D eigenvalue weighted by Crippen LogP contribution is -2.48. The summed E-state index contributed by atoms with van der Waals surface area (Å²) in [5.41, 5.74) is -0.582. The predicted molar refractivity (Wildman–Crippen MR) is 78.8 cm³/mol. The Morgan fingerprint density at radius 3 is 2.43 bits per heavy atom. The number of nitrogens with one attached hydrogen (secondary N) is 1. The fourth-order valence-electron chi connectivity index (χ4n) is 1.95. The highest BCUT2D eigenvalue weighted by atomic mass is 32.2. The molecule has 1 rings (SSSR count). The molecule has 0 aromatic rings. The van der Waals surface area contributed by atoms with Crippen LogP contribution in [0.2, 0.25) is 0 Å². The number of carbonyl (C=O) groups excluding carboxylic acids is 3. The Labute approximate surface area is 128 Å². The summed E-state index contributed by atoms with van der Waals surface area (Å²) in [6.45, 7) is 6.92. The van der Waals surface area contributed by atoms with Crippen molar-refractivity contribution in [1.29, 1.82) is 0 Å². The number of alkyl carbamates (subject to hydrolysis) is 1. The van der Waals surface area contributed by atoms with Gasteiger partial charge in [0.1, 0.15) is 11.6 Å². The molecule has 0 aliphatic carbocycles. The summed E-state index contributed by atoms with van der Waals surface area (Å²) in [5.74, 6) is -0.226. The highest BCUT2D eigenvalue weighted by Gasteiger charge is 2.41. The van der Waals surface area contributed by atoms with E-state index in [1.54, 1.807) is 20.8 Å². The Bertz CT molecular complexity index is 421. The van der Waals surface area contributed by atoms with E-state index in [0.29, 0.717) is 5.75 Å². The van der Waals surface area contributed by atoms with Gasteiger partial charge in [-0.05, 0) is 20.8 Å². The standard InChI is InChI=1S/C13H22N2O5S/c1-8(16)15-9(11(17)19-5)7-21-10(15)6-14-12(18)20-13(2,3)4/h9-10H,6-7H2,1-5H3,(H,14,18)/t9-,10-/m0/s1. The Balaban J connectivity index is 2.61. The molecule has 0 bridgehead atoms. The van der Waals surface area contributed by atoms with Crippen molar-refractivity contribution in [3.63, 3.8) is 0 Å². The van der Waals surface area contributed by atoms with E-state index in [1.807, 2.05) is 0 Å². The summed E-state index contributed by atoms with van der Waals surface area (Å²) in [4.78, 5) is 36.4. The predicted octanol–water partition coefficient (Wildman–Crippen LogP) is 0.974. The molecule has 0 unspecified atom stereocenters. The molecule has 8 heteroatoms. The third kappa shape index (κ3) is 5.11. The molecule has 1 aliphatic heterocycles. The summed E-state index contributed by atoms with van der Waals surface area (Å²) < 4.78 is 9.83. The number of carbonyl (C=O) groups is 3. The minimum Gasteiger partial charge on any atom is -0.467 e. The maximum absolute atomic E-state index is 11.7. The van der Waals surface area contributed by atoms with Crippen molar-refractivity contribution < 1.29 is 23.9 Å². The molecule has 1 fully saturated rings. The van der Waals surface area contributed by atoms with E-state index in [1.165, 1.54) is 30.7 Å². The molecular weight excluding hydrogens is 296 g/mol. The molecule has 1 aliphatic rings. The van der Waals surface area contributed by atoms with Gasteiger partial charge in [-0.1, -0.05) is 0 Å². The van der Waals surface area contributed by atoms with Gasteiger partial charge in [0.05, 0.1) is 19.0 Å². The Kier molecular flexibility index (Phi) is 5.88. The molecular formula is C13H22N2O5S. The molecule has 1 N–H and O–H groups in total. The van der Waals surface area contributed by atoms with Crippen molar-refractivity contribution in [1.82, 2.24) is 10.2 Å². The summed E-state index contributed by atoms with van der Waals surface area (Å²) >= 11 is 1.42. The lowest BCUT2D eigenvalue weighted by atomic mass is 10.2. The summed E-state index contributed by atoms with van der Waals surface area (Å²) in [5, 5.41) is 2.31. The van der Waals surface area contributed by atoms with Crippen LogP contribution in [0.5, 0.6) is 0 Å². The topological polar surface area (TPSA) is 84.9 Å². The Hall–Kier alpha value is -1.44. The van der Waals surface area contributed by atoms with Gasteiger partial charge in [-0.3, -0.25) is 4.79 Å². The molecule has 2 amide bonds. The lowest BCUT2D eigenvalue weighted by Gasteiger charge is -2.27. The van der Waals surface area contributed by atoms with E-state index in [0.717, 1.165) is 0 Å². The molecule has 120 valence electrons. The van der Waals surface area contributed by atoms with Gasteiger partial charge in [0.25, 0.3) is 0 Å². The fourth-order valence-corrected chi connectivity index (χ4v) is 3.30. The van der Waals surface area contributed by atoms with Gasteiger partial charge in [0, 0.05) is 12.7 Å². The first-order valence-electron chi connectivity index (χ1n) is 6.61. The average Bonchev–Trinajstić information content (AvgIpc) is 2.77. The molecule has 0 aromatic carbocycles. The molecule has 21 heavy (non-hydrogen) atoms. The van der Waals surface area contributed by atoms with Crippen LogP contribution >= 0.6 is 11.8 Å². The van der Waals surface area contributed by atoms with Crippen LogP contribution in [0, 0.1) is 0 Å². The van der Waals surface area contributed by atoms with Gasteiger partial charge in [-0.15, -0.1) is 11.8 Å². The second kappa shape index (κ2) is 7.02. The second-order valence-corrected chi connectivity index (χ2v) is 6.85. The fraction of sp³-hybridized carbons (Fsp3) is 0.769. The van der Waals surface area contributed by atoms with E-state index in [9.17, 15) is 14.4 Å². The SMILES string of the molecule is COC(=O)[C@@H]1CS[C@@H](CNC(=O)OC(C)(C)C)N1C(C)=O. The number of amides is 2. The van der Waals surface area contributed by atoms with Gasteiger partial charge in [0.15, 0.2) is 0 Å². The van der Waals surface area contributed by atoms with Gasteiger partial charge >= 0.3 is 12.1 Å². The minimum absolute atomic E-state index is 0.215. The first-order valence-corrected chi connectivity index (χ1v) is 7.65.